The Morgan fingerprint density at radius 2 is 1.12 bits per heavy atom. The van der Waals surface area contributed by atoms with Crippen LogP contribution in [0.1, 0.15) is 98.3 Å². The Kier molecular flexibility index (Phi) is 10.4. The van der Waals surface area contributed by atoms with Gasteiger partial charge in [0.15, 0.2) is 13.2 Å². The minimum atomic E-state index is -3.59. The van der Waals surface area contributed by atoms with Crippen molar-refractivity contribution in [2.24, 2.45) is 23.7 Å². The summed E-state index contributed by atoms with van der Waals surface area (Å²) >= 11 is 0. The zero-order chi connectivity index (χ0) is 30.6. The summed E-state index contributed by atoms with van der Waals surface area (Å²) in [6.07, 6.45) is 10.6. The molecule has 0 aromatic heterocycles. The van der Waals surface area contributed by atoms with Gasteiger partial charge < -0.3 is 18.9 Å². The first-order valence-electron chi connectivity index (χ1n) is 14.6. The molecular weight excluding hydrogens is 552 g/mol. The predicted octanol–water partition coefficient (Wildman–Crippen LogP) is 5.78. The van der Waals surface area contributed by atoms with Crippen LogP contribution in [0, 0.1) is 23.7 Å². The van der Waals surface area contributed by atoms with E-state index in [2.05, 4.69) is 9.47 Å². The zero-order valence-corrected chi connectivity index (χ0v) is 24.3. The fourth-order valence-electron chi connectivity index (χ4n) is 7.34. The van der Waals surface area contributed by atoms with E-state index in [1.165, 1.54) is 12.8 Å². The summed E-state index contributed by atoms with van der Waals surface area (Å²) in [7, 11) is 0. The Balaban J connectivity index is 0.000000226. The van der Waals surface area contributed by atoms with Crippen molar-refractivity contribution < 1.29 is 55.7 Å². The van der Waals surface area contributed by atoms with E-state index in [-0.39, 0.29) is 0 Å². The Morgan fingerprint density at radius 3 is 1.44 bits per heavy atom. The van der Waals surface area contributed by atoms with E-state index in [0.717, 1.165) is 51.4 Å². The summed E-state index contributed by atoms with van der Waals surface area (Å²) in [5.74, 6) is -10.1. The second-order valence-corrected chi connectivity index (χ2v) is 12.3. The van der Waals surface area contributed by atoms with E-state index in [4.69, 9.17) is 9.47 Å². The first kappa shape index (κ1) is 33.1. The molecule has 12 heteroatoms. The fourth-order valence-corrected chi connectivity index (χ4v) is 7.34. The quantitative estimate of drug-likeness (QED) is 0.168. The van der Waals surface area contributed by atoms with E-state index in [1.807, 2.05) is 13.8 Å². The lowest BCUT2D eigenvalue weighted by atomic mass is 9.81. The molecule has 6 unspecified atom stereocenters. The van der Waals surface area contributed by atoms with Gasteiger partial charge in [0, 0.05) is 13.8 Å². The van der Waals surface area contributed by atoms with Crippen LogP contribution in [-0.2, 0) is 38.1 Å². The van der Waals surface area contributed by atoms with Crippen LogP contribution < -0.4 is 0 Å². The van der Waals surface area contributed by atoms with Crippen LogP contribution in [0.2, 0.25) is 0 Å². The molecule has 4 aliphatic rings. The number of hydrogen-bond donors (Lipinski definition) is 0. The van der Waals surface area contributed by atoms with Gasteiger partial charge >= 0.3 is 35.7 Å². The Labute approximate surface area is 238 Å². The van der Waals surface area contributed by atoms with Crippen molar-refractivity contribution in [3.8, 4) is 0 Å². The second kappa shape index (κ2) is 12.9. The van der Waals surface area contributed by atoms with E-state index in [9.17, 15) is 36.7 Å². The van der Waals surface area contributed by atoms with Crippen LogP contribution in [0.25, 0.3) is 0 Å². The number of carbonyl (C=O) groups is 4. The molecule has 41 heavy (non-hydrogen) atoms. The van der Waals surface area contributed by atoms with Gasteiger partial charge in [-0.05, 0) is 87.9 Å². The van der Waals surface area contributed by atoms with E-state index < -0.39 is 60.1 Å². The molecule has 4 fully saturated rings. The minimum Gasteiger partial charge on any atom is -0.456 e. The van der Waals surface area contributed by atoms with Crippen LogP contribution in [0.4, 0.5) is 17.6 Å². The fraction of sp³-hybridized carbons (Fsp3) is 0.862. The van der Waals surface area contributed by atoms with Gasteiger partial charge in [-0.3, -0.25) is 0 Å². The molecule has 0 radical (unpaired) electrons. The molecule has 4 aliphatic carbocycles. The van der Waals surface area contributed by atoms with Crippen molar-refractivity contribution in [3.63, 3.8) is 0 Å². The topological polar surface area (TPSA) is 105 Å². The van der Waals surface area contributed by atoms with Crippen molar-refractivity contribution in [1.29, 1.82) is 0 Å². The van der Waals surface area contributed by atoms with Gasteiger partial charge in [0.05, 0.1) is 0 Å². The van der Waals surface area contributed by atoms with Crippen LogP contribution >= 0.6 is 0 Å². The van der Waals surface area contributed by atoms with Crippen LogP contribution in [0.5, 0.6) is 0 Å². The first-order chi connectivity index (χ1) is 19.0. The van der Waals surface area contributed by atoms with Gasteiger partial charge in [-0.15, -0.1) is 0 Å². The summed E-state index contributed by atoms with van der Waals surface area (Å²) in [4.78, 5) is 45.4. The standard InChI is InChI=1S/C15H22F2O4.C14H20F2O4/c1-3-6-15(8-10-4-5-11(15)7-10)21-12(18)9-20-13(19)14(2,16)17;1-3-14(7-9-4-5-10(14)6-9)20-11(17)8-19-12(18)13(2,15)16/h10-11H,3-9H2,1-2H3;9-10H,3-8H2,1-2H3. The van der Waals surface area contributed by atoms with E-state index in [1.54, 1.807) is 0 Å². The molecule has 0 heterocycles. The van der Waals surface area contributed by atoms with Gasteiger partial charge in [0.2, 0.25) is 0 Å². The summed E-state index contributed by atoms with van der Waals surface area (Å²) in [5, 5.41) is 0. The molecule has 6 atom stereocenters. The van der Waals surface area contributed by atoms with E-state index in [0.29, 0.717) is 43.9 Å². The van der Waals surface area contributed by atoms with Gasteiger partial charge in [-0.25, -0.2) is 19.2 Å². The molecule has 0 saturated heterocycles. The van der Waals surface area contributed by atoms with Crippen molar-refractivity contribution in [2.45, 2.75) is 121 Å². The van der Waals surface area contributed by atoms with Crippen LogP contribution in [0.3, 0.4) is 0 Å². The molecule has 0 N–H and O–H groups in total. The molecule has 234 valence electrons. The van der Waals surface area contributed by atoms with Crippen molar-refractivity contribution in [2.75, 3.05) is 13.2 Å². The number of esters is 4. The number of carbonyl (C=O) groups excluding carboxylic acids is 4. The largest absolute Gasteiger partial charge is 0.456 e. The Bertz CT molecular complexity index is 977. The van der Waals surface area contributed by atoms with Gasteiger partial charge in [-0.1, -0.05) is 20.3 Å². The highest BCUT2D eigenvalue weighted by Gasteiger charge is 2.54. The molecular formula is C29H42F4O8. The zero-order valence-electron chi connectivity index (χ0n) is 24.3. The number of ether oxygens (including phenoxy) is 4. The maximum atomic E-state index is 12.7. The lowest BCUT2D eigenvalue weighted by Gasteiger charge is -2.37. The van der Waals surface area contributed by atoms with Crippen molar-refractivity contribution >= 4 is 23.9 Å². The summed E-state index contributed by atoms with van der Waals surface area (Å²) in [5.41, 5.74) is -0.961. The minimum absolute atomic E-state index is 0.352. The third-order valence-corrected chi connectivity index (χ3v) is 9.10. The summed E-state index contributed by atoms with van der Waals surface area (Å²) in [6.45, 7) is 3.37. The smallest absolute Gasteiger partial charge is 0.377 e. The van der Waals surface area contributed by atoms with Gasteiger partial charge in [0.25, 0.3) is 0 Å². The summed E-state index contributed by atoms with van der Waals surface area (Å²) < 4.78 is 70.2. The third-order valence-electron chi connectivity index (χ3n) is 9.10. The van der Waals surface area contributed by atoms with Crippen molar-refractivity contribution in [3.05, 3.63) is 0 Å². The number of rotatable bonds is 11. The van der Waals surface area contributed by atoms with Crippen molar-refractivity contribution in [1.82, 2.24) is 0 Å². The lowest BCUT2D eigenvalue weighted by molar-refractivity contribution is -0.184. The first-order valence-corrected chi connectivity index (χ1v) is 14.6. The molecule has 0 aromatic carbocycles. The Hall–Kier alpha value is -2.40. The number of fused-ring (bicyclic) bond motifs is 4. The Morgan fingerprint density at radius 1 is 0.707 bits per heavy atom. The average molecular weight is 595 g/mol. The lowest BCUT2D eigenvalue weighted by Crippen LogP contribution is -2.41. The molecule has 0 aliphatic heterocycles. The summed E-state index contributed by atoms with van der Waals surface area (Å²) in [6, 6.07) is 0. The SMILES string of the molecule is CCC1(OC(=O)COC(=O)C(C)(F)F)CC2CCC1C2.CCCC1(OC(=O)COC(=O)C(C)(F)F)CC2CCC1C2. The number of halogens is 4. The molecule has 4 saturated carbocycles. The number of alkyl halides is 4. The molecule has 0 aromatic rings. The molecule has 4 rings (SSSR count). The highest BCUT2D eigenvalue weighted by Crippen LogP contribution is 2.55. The molecule has 0 amide bonds. The van der Waals surface area contributed by atoms with Crippen LogP contribution in [-0.4, -0.2) is 60.1 Å². The number of hydrogen-bond acceptors (Lipinski definition) is 8. The molecule has 0 spiro atoms. The van der Waals surface area contributed by atoms with Crippen LogP contribution in [0.15, 0.2) is 0 Å². The maximum absolute atomic E-state index is 12.7. The maximum Gasteiger partial charge on any atom is 0.377 e. The normalized spacial score (nSPS) is 31.7. The second-order valence-electron chi connectivity index (χ2n) is 12.3. The van der Waals surface area contributed by atoms with Gasteiger partial charge in [0.1, 0.15) is 11.2 Å². The molecule has 8 nitrogen and oxygen atoms in total. The van der Waals surface area contributed by atoms with E-state index >= 15 is 0 Å². The predicted molar refractivity (Wildman–Crippen MR) is 137 cm³/mol. The third kappa shape index (κ3) is 8.12. The average Bonchev–Trinajstić information content (AvgIpc) is 3.67. The monoisotopic (exact) mass is 594 g/mol. The highest BCUT2D eigenvalue weighted by atomic mass is 19.3. The molecule has 4 bridgehead atoms. The van der Waals surface area contributed by atoms with Gasteiger partial charge in [-0.2, -0.15) is 17.6 Å². The highest BCUT2D eigenvalue weighted by molar-refractivity contribution is 5.81.